The van der Waals surface area contributed by atoms with E-state index in [9.17, 15) is 4.79 Å². The molecule has 0 radical (unpaired) electrons. The zero-order valence-electron chi connectivity index (χ0n) is 13.4. The van der Waals surface area contributed by atoms with E-state index >= 15 is 0 Å². The fourth-order valence-electron chi connectivity index (χ4n) is 2.36. The van der Waals surface area contributed by atoms with Crippen LogP contribution in [-0.4, -0.2) is 28.0 Å². The first kappa shape index (κ1) is 16.9. The van der Waals surface area contributed by atoms with Crippen LogP contribution in [0.5, 0.6) is 5.88 Å². The molecule has 0 fully saturated rings. The second-order valence-electron chi connectivity index (χ2n) is 5.32. The van der Waals surface area contributed by atoms with Gasteiger partial charge in [0.1, 0.15) is 11.4 Å². The third-order valence-corrected chi connectivity index (χ3v) is 3.78. The predicted octanol–water partition coefficient (Wildman–Crippen LogP) is 2.89. The largest absolute Gasteiger partial charge is 0.479 e. The van der Waals surface area contributed by atoms with Crippen molar-refractivity contribution in [1.29, 1.82) is 0 Å². The SMILES string of the molecule is COc1ncc(Cc2ccc(C(N)=O)nc2)nc1-c1cccc(Cl)c1. The summed E-state index contributed by atoms with van der Waals surface area (Å²) in [5.41, 5.74) is 8.49. The van der Waals surface area contributed by atoms with Gasteiger partial charge in [0.15, 0.2) is 0 Å². The molecule has 0 bridgehead atoms. The summed E-state index contributed by atoms with van der Waals surface area (Å²) in [5.74, 6) is -0.132. The van der Waals surface area contributed by atoms with Crippen LogP contribution in [0, 0.1) is 0 Å². The summed E-state index contributed by atoms with van der Waals surface area (Å²) in [4.78, 5) is 24.1. The zero-order valence-corrected chi connectivity index (χ0v) is 14.2. The Morgan fingerprint density at radius 3 is 2.68 bits per heavy atom. The lowest BCUT2D eigenvalue weighted by Crippen LogP contribution is -2.12. The summed E-state index contributed by atoms with van der Waals surface area (Å²) in [7, 11) is 1.55. The maximum absolute atomic E-state index is 11.1. The second-order valence-corrected chi connectivity index (χ2v) is 5.76. The smallest absolute Gasteiger partial charge is 0.267 e. The number of halogens is 1. The van der Waals surface area contributed by atoms with Gasteiger partial charge < -0.3 is 10.5 Å². The third kappa shape index (κ3) is 3.92. The molecule has 2 N–H and O–H groups in total. The number of benzene rings is 1. The summed E-state index contributed by atoms with van der Waals surface area (Å²) in [5, 5.41) is 0.609. The zero-order chi connectivity index (χ0) is 17.8. The molecule has 25 heavy (non-hydrogen) atoms. The Bertz CT molecular complexity index is 913. The van der Waals surface area contributed by atoms with Crippen LogP contribution in [0.3, 0.4) is 0 Å². The third-order valence-electron chi connectivity index (χ3n) is 3.54. The van der Waals surface area contributed by atoms with Crippen LogP contribution in [0.15, 0.2) is 48.8 Å². The van der Waals surface area contributed by atoms with E-state index < -0.39 is 5.91 Å². The second kappa shape index (κ2) is 7.27. The van der Waals surface area contributed by atoms with Gasteiger partial charge in [0, 0.05) is 23.2 Å². The number of aromatic nitrogens is 3. The van der Waals surface area contributed by atoms with Crippen LogP contribution in [0.2, 0.25) is 5.02 Å². The van der Waals surface area contributed by atoms with Crippen LogP contribution in [0.25, 0.3) is 11.3 Å². The molecule has 0 aliphatic heterocycles. The number of nitrogens with two attached hydrogens (primary N) is 1. The molecule has 1 amide bonds. The van der Waals surface area contributed by atoms with E-state index in [0.717, 1.165) is 16.8 Å². The quantitative estimate of drug-likeness (QED) is 0.760. The summed E-state index contributed by atoms with van der Waals surface area (Å²) in [6.07, 6.45) is 3.76. The number of amides is 1. The molecule has 3 aromatic rings. The molecule has 1 aromatic carbocycles. The Labute approximate surface area is 149 Å². The first-order chi connectivity index (χ1) is 12.1. The molecule has 0 saturated carbocycles. The monoisotopic (exact) mass is 354 g/mol. The van der Waals surface area contributed by atoms with Gasteiger partial charge in [0.2, 0.25) is 5.88 Å². The van der Waals surface area contributed by atoms with Gasteiger partial charge in [-0.1, -0.05) is 29.8 Å². The molecule has 2 aromatic heterocycles. The summed E-state index contributed by atoms with van der Waals surface area (Å²) in [6, 6.07) is 10.7. The van der Waals surface area contributed by atoms with Crippen molar-refractivity contribution in [3.05, 3.63) is 70.8 Å². The maximum Gasteiger partial charge on any atom is 0.267 e. The molecule has 0 aliphatic carbocycles. The summed E-state index contributed by atoms with van der Waals surface area (Å²) in [6.45, 7) is 0. The highest BCUT2D eigenvalue weighted by Gasteiger charge is 2.12. The number of hydrogen-bond donors (Lipinski definition) is 1. The van der Waals surface area contributed by atoms with E-state index in [1.54, 1.807) is 43.8 Å². The molecule has 0 atom stereocenters. The highest BCUT2D eigenvalue weighted by Crippen LogP contribution is 2.28. The van der Waals surface area contributed by atoms with Gasteiger partial charge in [-0.15, -0.1) is 0 Å². The number of carbonyl (C=O) groups excluding carboxylic acids is 1. The number of ether oxygens (including phenoxy) is 1. The number of primary amides is 1. The topological polar surface area (TPSA) is 91.0 Å². The fraction of sp³-hybridized carbons (Fsp3) is 0.111. The minimum atomic E-state index is -0.556. The fourth-order valence-corrected chi connectivity index (χ4v) is 2.55. The Morgan fingerprint density at radius 2 is 2.04 bits per heavy atom. The highest BCUT2D eigenvalue weighted by molar-refractivity contribution is 6.30. The van der Waals surface area contributed by atoms with Gasteiger partial charge in [-0.25, -0.2) is 9.97 Å². The Hall–Kier alpha value is -2.99. The van der Waals surface area contributed by atoms with Crippen molar-refractivity contribution in [3.8, 4) is 17.1 Å². The average molecular weight is 355 g/mol. The van der Waals surface area contributed by atoms with Crippen molar-refractivity contribution >= 4 is 17.5 Å². The van der Waals surface area contributed by atoms with Gasteiger partial charge >= 0.3 is 0 Å². The Morgan fingerprint density at radius 1 is 1.20 bits per heavy atom. The molecule has 0 unspecified atom stereocenters. The highest BCUT2D eigenvalue weighted by atomic mass is 35.5. The van der Waals surface area contributed by atoms with Gasteiger partial charge in [0.25, 0.3) is 5.91 Å². The van der Waals surface area contributed by atoms with Crippen LogP contribution in [0.1, 0.15) is 21.7 Å². The van der Waals surface area contributed by atoms with E-state index in [1.807, 2.05) is 12.1 Å². The number of rotatable bonds is 5. The van der Waals surface area contributed by atoms with E-state index in [1.165, 1.54) is 0 Å². The number of methoxy groups -OCH3 is 1. The standard InChI is InChI=1S/C18H15ClN4O2/c1-25-18-16(12-3-2-4-13(19)8-12)23-14(10-22-18)7-11-5-6-15(17(20)24)21-9-11/h2-6,8-10H,7H2,1H3,(H2,20,24). The number of hydrogen-bond acceptors (Lipinski definition) is 5. The minimum Gasteiger partial charge on any atom is -0.479 e. The first-order valence-electron chi connectivity index (χ1n) is 7.47. The van der Waals surface area contributed by atoms with Crippen molar-refractivity contribution < 1.29 is 9.53 Å². The van der Waals surface area contributed by atoms with Crippen LogP contribution >= 0.6 is 11.6 Å². The Kier molecular flexibility index (Phi) is 4.90. The van der Waals surface area contributed by atoms with Crippen molar-refractivity contribution in [2.75, 3.05) is 7.11 Å². The molecule has 0 aliphatic rings. The summed E-state index contributed by atoms with van der Waals surface area (Å²) >= 11 is 6.07. The van der Waals surface area contributed by atoms with Crippen LogP contribution in [-0.2, 0) is 6.42 Å². The number of nitrogens with zero attached hydrogens (tertiary/aromatic N) is 3. The Balaban J connectivity index is 1.92. The van der Waals surface area contributed by atoms with Crippen LogP contribution < -0.4 is 10.5 Å². The normalized spacial score (nSPS) is 10.5. The molecule has 6 nitrogen and oxygen atoms in total. The first-order valence-corrected chi connectivity index (χ1v) is 7.85. The summed E-state index contributed by atoms with van der Waals surface area (Å²) < 4.78 is 5.31. The van der Waals surface area contributed by atoms with Crippen molar-refractivity contribution in [1.82, 2.24) is 15.0 Å². The van der Waals surface area contributed by atoms with Crippen LogP contribution in [0.4, 0.5) is 0 Å². The number of pyridine rings is 1. The molecular weight excluding hydrogens is 340 g/mol. The molecule has 7 heteroatoms. The molecule has 2 heterocycles. The van der Waals surface area contributed by atoms with Crippen molar-refractivity contribution in [3.63, 3.8) is 0 Å². The van der Waals surface area contributed by atoms with Gasteiger partial charge in [0.05, 0.1) is 19.0 Å². The molecule has 0 spiro atoms. The van der Waals surface area contributed by atoms with Crippen molar-refractivity contribution in [2.24, 2.45) is 5.73 Å². The van der Waals surface area contributed by atoms with E-state index in [-0.39, 0.29) is 5.69 Å². The van der Waals surface area contributed by atoms with Crippen molar-refractivity contribution in [2.45, 2.75) is 6.42 Å². The van der Waals surface area contributed by atoms with E-state index in [0.29, 0.717) is 23.0 Å². The lowest BCUT2D eigenvalue weighted by molar-refractivity contribution is 0.0995. The average Bonchev–Trinajstić information content (AvgIpc) is 2.62. The van der Waals surface area contributed by atoms with Gasteiger partial charge in [-0.05, 0) is 23.8 Å². The molecular formula is C18H15ClN4O2. The molecule has 0 saturated heterocycles. The minimum absolute atomic E-state index is 0.226. The molecule has 126 valence electrons. The number of carbonyl (C=O) groups is 1. The van der Waals surface area contributed by atoms with E-state index in [4.69, 9.17) is 22.1 Å². The van der Waals surface area contributed by atoms with E-state index in [2.05, 4.69) is 15.0 Å². The van der Waals surface area contributed by atoms with Gasteiger partial charge in [-0.2, -0.15) is 0 Å². The lowest BCUT2D eigenvalue weighted by atomic mass is 10.1. The molecule has 3 rings (SSSR count). The lowest BCUT2D eigenvalue weighted by Gasteiger charge is -2.09. The maximum atomic E-state index is 11.1. The van der Waals surface area contributed by atoms with Gasteiger partial charge in [-0.3, -0.25) is 9.78 Å². The predicted molar refractivity (Wildman–Crippen MR) is 94.6 cm³/mol.